The summed E-state index contributed by atoms with van der Waals surface area (Å²) in [4.78, 5) is 25.8. The highest BCUT2D eigenvalue weighted by molar-refractivity contribution is 5.78. The number of hydrogen-bond acceptors (Lipinski definition) is 4. The van der Waals surface area contributed by atoms with Gasteiger partial charge in [-0.3, -0.25) is 4.79 Å². The summed E-state index contributed by atoms with van der Waals surface area (Å²) in [5, 5.41) is 9.24. The number of carboxylic acids is 1. The number of amides is 1. The van der Waals surface area contributed by atoms with Gasteiger partial charge in [-0.2, -0.15) is 0 Å². The van der Waals surface area contributed by atoms with Crippen LogP contribution in [0.5, 0.6) is 5.75 Å². The number of halogens is 1. The van der Waals surface area contributed by atoms with Gasteiger partial charge in [-0.1, -0.05) is 42.5 Å². The Hall–Kier alpha value is -3.87. The molecule has 0 saturated carbocycles. The smallest absolute Gasteiger partial charge is 0.410 e. The molecule has 0 bridgehead atoms. The first-order valence-corrected chi connectivity index (χ1v) is 11.7. The number of benzene rings is 3. The van der Waals surface area contributed by atoms with Crippen LogP contribution in [0.2, 0.25) is 0 Å². The average molecular weight is 478 g/mol. The molecule has 0 unspecified atom stereocenters. The lowest BCUT2D eigenvalue weighted by Crippen LogP contribution is -2.37. The number of carbonyl (C=O) groups excluding carboxylic acids is 1. The fourth-order valence-corrected chi connectivity index (χ4v) is 4.41. The van der Waals surface area contributed by atoms with E-state index in [1.807, 2.05) is 44.2 Å². The van der Waals surface area contributed by atoms with E-state index < -0.39 is 18.2 Å². The molecule has 7 heteroatoms. The Balaban J connectivity index is 1.66. The van der Waals surface area contributed by atoms with Gasteiger partial charge in [0.25, 0.3) is 0 Å². The summed E-state index contributed by atoms with van der Waals surface area (Å²) < 4.78 is 26.3. The number of rotatable bonds is 7. The molecular weight excluding hydrogens is 449 g/mol. The highest BCUT2D eigenvalue weighted by Crippen LogP contribution is 2.38. The Morgan fingerprint density at radius 1 is 1.06 bits per heavy atom. The molecule has 1 amide bonds. The van der Waals surface area contributed by atoms with Crippen molar-refractivity contribution < 1.29 is 28.6 Å². The summed E-state index contributed by atoms with van der Waals surface area (Å²) in [6.07, 6.45) is -0.678. The third-order valence-electron chi connectivity index (χ3n) is 6.15. The molecule has 35 heavy (non-hydrogen) atoms. The van der Waals surface area contributed by atoms with Crippen LogP contribution in [-0.2, 0) is 28.9 Å². The first-order chi connectivity index (χ1) is 16.9. The van der Waals surface area contributed by atoms with E-state index in [0.717, 1.165) is 5.56 Å². The predicted octanol–water partition coefficient (Wildman–Crippen LogP) is 5.77. The van der Waals surface area contributed by atoms with Gasteiger partial charge in [0.2, 0.25) is 0 Å². The monoisotopic (exact) mass is 477 g/mol. The highest BCUT2D eigenvalue weighted by atomic mass is 19.1. The lowest BCUT2D eigenvalue weighted by molar-refractivity contribution is -0.136. The zero-order valence-electron chi connectivity index (χ0n) is 19.8. The van der Waals surface area contributed by atoms with Crippen molar-refractivity contribution in [3.63, 3.8) is 0 Å². The van der Waals surface area contributed by atoms with Gasteiger partial charge in [0.15, 0.2) is 0 Å². The number of ether oxygens (including phenoxy) is 2. The van der Waals surface area contributed by atoms with Gasteiger partial charge in [-0.15, -0.1) is 0 Å². The summed E-state index contributed by atoms with van der Waals surface area (Å²) in [6.45, 7) is 4.62. The highest BCUT2D eigenvalue weighted by Gasteiger charge is 2.28. The van der Waals surface area contributed by atoms with Gasteiger partial charge in [-0.05, 0) is 66.3 Å². The molecule has 0 saturated heterocycles. The van der Waals surface area contributed by atoms with Crippen LogP contribution in [0, 0.1) is 5.82 Å². The van der Waals surface area contributed by atoms with Crippen molar-refractivity contribution in [2.24, 2.45) is 0 Å². The summed E-state index contributed by atoms with van der Waals surface area (Å²) >= 11 is 0. The van der Waals surface area contributed by atoms with E-state index in [-0.39, 0.29) is 18.8 Å². The van der Waals surface area contributed by atoms with Crippen LogP contribution in [-0.4, -0.2) is 35.2 Å². The van der Waals surface area contributed by atoms with Crippen molar-refractivity contribution in [3.05, 3.63) is 88.7 Å². The van der Waals surface area contributed by atoms with E-state index in [1.54, 1.807) is 29.2 Å². The minimum atomic E-state index is -0.942. The quantitative estimate of drug-likeness (QED) is 0.467. The standard InChI is InChI=1S/C28H28FNO5/c1-3-34-26-12-9-19(16-27(31)32)15-23(26)21-10-11-25(29)22-13-14-30(17-24(21)22)28(33)35-18(2)20-7-5-4-6-8-20/h4-12,15,18H,3,13-14,16-17H2,1-2H3,(H,31,32)/t18-/m0/s1. The minimum absolute atomic E-state index is 0.140. The first-order valence-electron chi connectivity index (χ1n) is 11.7. The van der Waals surface area contributed by atoms with E-state index >= 15 is 0 Å². The maximum Gasteiger partial charge on any atom is 0.410 e. The largest absolute Gasteiger partial charge is 0.493 e. The zero-order valence-corrected chi connectivity index (χ0v) is 19.8. The number of hydrogen-bond donors (Lipinski definition) is 1. The van der Waals surface area contributed by atoms with E-state index in [9.17, 15) is 19.1 Å². The van der Waals surface area contributed by atoms with Crippen LogP contribution in [0.3, 0.4) is 0 Å². The molecule has 0 aromatic heterocycles. The Labute approximate surface area is 203 Å². The molecule has 1 N–H and O–H groups in total. The number of carboxylic acid groups (broad SMARTS) is 1. The zero-order chi connectivity index (χ0) is 24.9. The second-order valence-corrected chi connectivity index (χ2v) is 8.49. The average Bonchev–Trinajstić information content (AvgIpc) is 2.85. The summed E-state index contributed by atoms with van der Waals surface area (Å²) in [7, 11) is 0. The molecule has 0 aliphatic carbocycles. The maximum absolute atomic E-state index is 14.8. The maximum atomic E-state index is 14.8. The number of fused-ring (bicyclic) bond motifs is 1. The second-order valence-electron chi connectivity index (χ2n) is 8.49. The Bertz CT molecular complexity index is 1230. The van der Waals surface area contributed by atoms with Crippen molar-refractivity contribution in [3.8, 4) is 16.9 Å². The van der Waals surface area contributed by atoms with Crippen molar-refractivity contribution in [1.29, 1.82) is 0 Å². The molecule has 0 radical (unpaired) electrons. The van der Waals surface area contributed by atoms with Crippen LogP contribution in [0.1, 0.15) is 42.2 Å². The van der Waals surface area contributed by atoms with E-state index in [4.69, 9.17) is 9.47 Å². The third kappa shape index (κ3) is 5.45. The molecule has 0 fully saturated rings. The molecule has 3 aromatic carbocycles. The molecule has 6 nitrogen and oxygen atoms in total. The Morgan fingerprint density at radius 3 is 2.54 bits per heavy atom. The second kappa shape index (κ2) is 10.6. The molecular formula is C28H28FNO5. The van der Waals surface area contributed by atoms with Gasteiger partial charge in [0.05, 0.1) is 13.0 Å². The van der Waals surface area contributed by atoms with Crippen LogP contribution in [0.15, 0.2) is 60.7 Å². The van der Waals surface area contributed by atoms with Gasteiger partial charge >= 0.3 is 12.1 Å². The molecule has 1 atom stereocenters. The number of aliphatic carboxylic acids is 1. The first kappa shape index (κ1) is 24.3. The molecule has 0 spiro atoms. The number of carbonyl (C=O) groups is 2. The molecule has 4 rings (SSSR count). The lowest BCUT2D eigenvalue weighted by Gasteiger charge is -2.31. The molecule has 182 valence electrons. The van der Waals surface area contributed by atoms with Crippen molar-refractivity contribution >= 4 is 12.1 Å². The van der Waals surface area contributed by atoms with Crippen molar-refractivity contribution in [2.75, 3.05) is 13.2 Å². The van der Waals surface area contributed by atoms with Crippen molar-refractivity contribution in [1.82, 2.24) is 4.90 Å². The Kier molecular flexibility index (Phi) is 7.34. The minimum Gasteiger partial charge on any atom is -0.493 e. The summed E-state index contributed by atoms with van der Waals surface area (Å²) in [6, 6.07) is 17.8. The van der Waals surface area contributed by atoms with E-state index in [0.29, 0.717) is 53.1 Å². The van der Waals surface area contributed by atoms with Gasteiger partial charge in [0, 0.05) is 18.7 Å². The van der Waals surface area contributed by atoms with Gasteiger partial charge in [0.1, 0.15) is 17.7 Å². The topological polar surface area (TPSA) is 76.1 Å². The molecule has 3 aromatic rings. The predicted molar refractivity (Wildman–Crippen MR) is 130 cm³/mol. The van der Waals surface area contributed by atoms with E-state index in [1.165, 1.54) is 6.07 Å². The van der Waals surface area contributed by atoms with Crippen LogP contribution in [0.25, 0.3) is 11.1 Å². The van der Waals surface area contributed by atoms with E-state index in [2.05, 4.69) is 0 Å². The molecule has 1 aliphatic rings. The summed E-state index contributed by atoms with van der Waals surface area (Å²) in [5.41, 5.74) is 4.11. The lowest BCUT2D eigenvalue weighted by atomic mass is 9.89. The molecule has 1 heterocycles. The van der Waals surface area contributed by atoms with Gasteiger partial charge < -0.3 is 19.5 Å². The fraction of sp³-hybridized carbons (Fsp3) is 0.286. The van der Waals surface area contributed by atoms with Gasteiger partial charge in [-0.25, -0.2) is 9.18 Å². The van der Waals surface area contributed by atoms with Crippen LogP contribution >= 0.6 is 0 Å². The van der Waals surface area contributed by atoms with Crippen LogP contribution in [0.4, 0.5) is 9.18 Å². The van der Waals surface area contributed by atoms with Crippen molar-refractivity contribution in [2.45, 2.75) is 39.3 Å². The number of nitrogens with zero attached hydrogens (tertiary/aromatic N) is 1. The fourth-order valence-electron chi connectivity index (χ4n) is 4.41. The van der Waals surface area contributed by atoms with Crippen LogP contribution < -0.4 is 4.74 Å². The Morgan fingerprint density at radius 2 is 1.83 bits per heavy atom. The SMILES string of the molecule is CCOc1ccc(CC(=O)O)cc1-c1ccc(F)c2c1CN(C(=O)O[C@@H](C)c1ccccc1)CC2. The molecule has 1 aliphatic heterocycles. The summed E-state index contributed by atoms with van der Waals surface area (Å²) in [5.74, 6) is -0.690. The third-order valence-corrected chi connectivity index (χ3v) is 6.15. The normalized spacial score (nSPS) is 13.6.